The largest absolute Gasteiger partial charge is 0.495 e. The van der Waals surface area contributed by atoms with Gasteiger partial charge in [-0.1, -0.05) is 24.6 Å². The molecule has 3 nitrogen and oxygen atoms in total. The molecule has 0 radical (unpaired) electrons. The molecule has 1 fully saturated rings. The van der Waals surface area contributed by atoms with E-state index in [1.165, 1.54) is 5.56 Å². The highest BCUT2D eigenvalue weighted by atomic mass is 35.5. The van der Waals surface area contributed by atoms with Gasteiger partial charge in [0, 0.05) is 18.6 Å². The highest BCUT2D eigenvalue weighted by Crippen LogP contribution is 2.36. The third-order valence-corrected chi connectivity index (χ3v) is 4.12. The summed E-state index contributed by atoms with van der Waals surface area (Å²) in [6.45, 7) is 6.04. The van der Waals surface area contributed by atoms with Crippen molar-refractivity contribution in [2.75, 3.05) is 20.3 Å². The molecule has 106 valence electrons. The Bertz CT molecular complexity index is 425. The number of hydrogen-bond donors (Lipinski definition) is 1. The van der Waals surface area contributed by atoms with Crippen molar-refractivity contribution in [2.24, 2.45) is 5.92 Å². The molecule has 0 aromatic heterocycles. The molecule has 0 spiro atoms. The number of ether oxygens (including phenoxy) is 2. The maximum Gasteiger partial charge on any atom is 0.137 e. The maximum absolute atomic E-state index is 6.23. The first-order valence-electron chi connectivity index (χ1n) is 6.85. The van der Waals surface area contributed by atoms with Crippen molar-refractivity contribution in [3.8, 4) is 5.75 Å². The highest BCUT2D eigenvalue weighted by Gasteiger charge is 2.32. The monoisotopic (exact) mass is 283 g/mol. The molecule has 19 heavy (non-hydrogen) atoms. The van der Waals surface area contributed by atoms with E-state index in [0.29, 0.717) is 10.9 Å². The maximum atomic E-state index is 6.23. The first-order chi connectivity index (χ1) is 9.17. The second-order valence-electron chi connectivity index (χ2n) is 4.96. The first kappa shape index (κ1) is 14.6. The molecule has 0 amide bonds. The van der Waals surface area contributed by atoms with Gasteiger partial charge >= 0.3 is 0 Å². The van der Waals surface area contributed by atoms with Crippen molar-refractivity contribution in [3.05, 3.63) is 28.8 Å². The predicted molar refractivity (Wildman–Crippen MR) is 77.9 cm³/mol. The SMILES string of the molecule is CCNC(c1ccc(OC)c(Cl)c1)C1CCOC1C. The fraction of sp³-hybridized carbons (Fsp3) is 0.600. The summed E-state index contributed by atoms with van der Waals surface area (Å²) >= 11 is 6.23. The van der Waals surface area contributed by atoms with Gasteiger partial charge in [-0.3, -0.25) is 0 Å². The number of nitrogens with one attached hydrogen (secondary N) is 1. The predicted octanol–water partition coefficient (Wildman–Crippen LogP) is 3.42. The van der Waals surface area contributed by atoms with Gasteiger partial charge in [0.1, 0.15) is 5.75 Å². The molecule has 1 aromatic carbocycles. The third-order valence-electron chi connectivity index (χ3n) is 3.82. The van der Waals surface area contributed by atoms with Gasteiger partial charge in [0.05, 0.1) is 18.2 Å². The lowest BCUT2D eigenvalue weighted by atomic mass is 9.88. The first-order valence-corrected chi connectivity index (χ1v) is 7.23. The molecule has 3 atom stereocenters. The molecule has 3 unspecified atom stereocenters. The van der Waals surface area contributed by atoms with Crippen LogP contribution < -0.4 is 10.1 Å². The summed E-state index contributed by atoms with van der Waals surface area (Å²) in [4.78, 5) is 0. The fourth-order valence-corrected chi connectivity index (χ4v) is 3.06. The number of methoxy groups -OCH3 is 1. The highest BCUT2D eigenvalue weighted by molar-refractivity contribution is 6.32. The van der Waals surface area contributed by atoms with E-state index < -0.39 is 0 Å². The summed E-state index contributed by atoms with van der Waals surface area (Å²) in [7, 11) is 1.63. The van der Waals surface area contributed by atoms with E-state index in [4.69, 9.17) is 21.1 Å². The topological polar surface area (TPSA) is 30.5 Å². The number of halogens is 1. The summed E-state index contributed by atoms with van der Waals surface area (Å²) in [5.74, 6) is 1.21. The van der Waals surface area contributed by atoms with Crippen LogP contribution >= 0.6 is 11.6 Å². The second kappa shape index (κ2) is 6.60. The lowest BCUT2D eigenvalue weighted by Crippen LogP contribution is -2.31. The molecule has 1 saturated heterocycles. The zero-order chi connectivity index (χ0) is 13.8. The smallest absolute Gasteiger partial charge is 0.137 e. The van der Waals surface area contributed by atoms with Crippen LogP contribution in [0.25, 0.3) is 0 Å². The van der Waals surface area contributed by atoms with Crippen LogP contribution in [0.5, 0.6) is 5.75 Å². The van der Waals surface area contributed by atoms with Crippen molar-refractivity contribution >= 4 is 11.6 Å². The Hall–Kier alpha value is -0.770. The Balaban J connectivity index is 2.25. The second-order valence-corrected chi connectivity index (χ2v) is 5.36. The Morgan fingerprint density at radius 1 is 1.53 bits per heavy atom. The summed E-state index contributed by atoms with van der Waals surface area (Å²) in [6, 6.07) is 6.30. The van der Waals surface area contributed by atoms with Crippen LogP contribution in [0.1, 0.15) is 31.9 Å². The van der Waals surface area contributed by atoms with E-state index in [9.17, 15) is 0 Å². The molecule has 1 aromatic rings. The average molecular weight is 284 g/mol. The van der Waals surface area contributed by atoms with Gasteiger partial charge in [-0.05, 0) is 37.6 Å². The molecule has 0 bridgehead atoms. The van der Waals surface area contributed by atoms with Crippen LogP contribution in [0.3, 0.4) is 0 Å². The van der Waals surface area contributed by atoms with Crippen molar-refractivity contribution in [2.45, 2.75) is 32.4 Å². The molecule has 1 N–H and O–H groups in total. The molecule has 0 aliphatic carbocycles. The van der Waals surface area contributed by atoms with Crippen LogP contribution in [-0.4, -0.2) is 26.4 Å². The van der Waals surface area contributed by atoms with E-state index in [0.717, 1.165) is 25.3 Å². The van der Waals surface area contributed by atoms with Gasteiger partial charge in [0.25, 0.3) is 0 Å². The van der Waals surface area contributed by atoms with Gasteiger partial charge < -0.3 is 14.8 Å². The zero-order valence-electron chi connectivity index (χ0n) is 11.8. The van der Waals surface area contributed by atoms with E-state index in [1.807, 2.05) is 12.1 Å². The van der Waals surface area contributed by atoms with E-state index in [2.05, 4.69) is 25.2 Å². The number of hydrogen-bond acceptors (Lipinski definition) is 3. The van der Waals surface area contributed by atoms with Crippen molar-refractivity contribution in [3.63, 3.8) is 0 Å². The Morgan fingerprint density at radius 2 is 2.32 bits per heavy atom. The lowest BCUT2D eigenvalue weighted by molar-refractivity contribution is 0.0956. The van der Waals surface area contributed by atoms with Crippen molar-refractivity contribution in [1.82, 2.24) is 5.32 Å². The fourth-order valence-electron chi connectivity index (χ4n) is 2.80. The van der Waals surface area contributed by atoms with Crippen LogP contribution in [0.4, 0.5) is 0 Å². The average Bonchev–Trinajstić information content (AvgIpc) is 2.82. The van der Waals surface area contributed by atoms with Crippen molar-refractivity contribution in [1.29, 1.82) is 0 Å². The molecular formula is C15H22ClNO2. The summed E-state index contributed by atoms with van der Waals surface area (Å²) in [5.41, 5.74) is 1.20. The van der Waals surface area contributed by atoms with E-state index >= 15 is 0 Å². The van der Waals surface area contributed by atoms with Gasteiger partial charge in [-0.15, -0.1) is 0 Å². The summed E-state index contributed by atoms with van der Waals surface area (Å²) < 4.78 is 10.9. The number of benzene rings is 1. The summed E-state index contributed by atoms with van der Waals surface area (Å²) in [6.07, 6.45) is 1.37. The third kappa shape index (κ3) is 3.22. The molecular weight excluding hydrogens is 262 g/mol. The van der Waals surface area contributed by atoms with Gasteiger partial charge in [0.2, 0.25) is 0 Å². The molecule has 1 heterocycles. The van der Waals surface area contributed by atoms with E-state index in [-0.39, 0.29) is 12.1 Å². The molecule has 1 aliphatic heterocycles. The van der Waals surface area contributed by atoms with Crippen LogP contribution in [0, 0.1) is 5.92 Å². The molecule has 4 heteroatoms. The Kier molecular flexibility index (Phi) is 5.08. The standard InChI is InChI=1S/C15H22ClNO2/c1-4-17-15(12-7-8-19-10(12)2)11-5-6-14(18-3)13(16)9-11/h5-6,9-10,12,15,17H,4,7-8H2,1-3H3. The molecule has 2 rings (SSSR count). The van der Waals surface area contributed by atoms with Gasteiger partial charge in [-0.25, -0.2) is 0 Å². The van der Waals surface area contributed by atoms with E-state index in [1.54, 1.807) is 7.11 Å². The number of rotatable bonds is 5. The minimum Gasteiger partial charge on any atom is -0.495 e. The Morgan fingerprint density at radius 3 is 2.84 bits per heavy atom. The van der Waals surface area contributed by atoms with Crippen LogP contribution in [-0.2, 0) is 4.74 Å². The minimum atomic E-state index is 0.282. The normalized spacial score (nSPS) is 24.4. The molecule has 0 saturated carbocycles. The lowest BCUT2D eigenvalue weighted by Gasteiger charge is -2.27. The van der Waals surface area contributed by atoms with Crippen LogP contribution in [0.15, 0.2) is 18.2 Å². The van der Waals surface area contributed by atoms with Crippen LogP contribution in [0.2, 0.25) is 5.02 Å². The van der Waals surface area contributed by atoms with Crippen molar-refractivity contribution < 1.29 is 9.47 Å². The zero-order valence-corrected chi connectivity index (χ0v) is 12.5. The molecule has 1 aliphatic rings. The van der Waals surface area contributed by atoms with Gasteiger partial charge in [0.15, 0.2) is 0 Å². The summed E-state index contributed by atoms with van der Waals surface area (Å²) in [5, 5.41) is 4.22. The van der Waals surface area contributed by atoms with Gasteiger partial charge in [-0.2, -0.15) is 0 Å². The minimum absolute atomic E-state index is 0.282. The Labute approximate surface area is 120 Å². The quantitative estimate of drug-likeness (QED) is 0.898.